The van der Waals surface area contributed by atoms with Gasteiger partial charge < -0.3 is 20.6 Å². The molecule has 0 aliphatic rings. The third-order valence-electron chi connectivity index (χ3n) is 1.41. The van der Waals surface area contributed by atoms with Crippen LogP contribution in [0.3, 0.4) is 0 Å². The molecule has 72 valence electrons. The topological polar surface area (TPSA) is 89.3 Å². The van der Waals surface area contributed by atoms with Gasteiger partial charge in [-0.1, -0.05) is 0 Å². The zero-order chi connectivity index (χ0) is 10.3. The summed E-state index contributed by atoms with van der Waals surface area (Å²) in [5.74, 6) is -0.257. The van der Waals surface area contributed by atoms with Crippen molar-refractivity contribution in [2.45, 2.75) is 18.9 Å². The lowest BCUT2D eigenvalue weighted by atomic mass is 10.0. The summed E-state index contributed by atoms with van der Waals surface area (Å²) in [7, 11) is 1.39. The number of carbonyl (C=O) groups excluding carboxylic acids is 3. The highest BCUT2D eigenvalue weighted by atomic mass is 16.2. The minimum absolute atomic E-state index is 0.0369. The molecule has 6 heteroatoms. The van der Waals surface area contributed by atoms with E-state index in [0.717, 1.165) is 0 Å². The van der Waals surface area contributed by atoms with Gasteiger partial charge in [0.2, 0.25) is 5.91 Å². The maximum absolute atomic E-state index is 10.9. The normalized spacial score (nSPS) is 11.8. The van der Waals surface area contributed by atoms with Crippen LogP contribution in [0.15, 0.2) is 0 Å². The molecule has 0 saturated carbocycles. The largest absolute Gasteiger partial charge is 0.350 e. The van der Waals surface area contributed by atoms with Crippen molar-refractivity contribution in [2.24, 2.45) is 5.73 Å². The van der Waals surface area contributed by atoms with Gasteiger partial charge in [0, 0.05) is 6.42 Å². The van der Waals surface area contributed by atoms with Crippen LogP contribution in [-0.4, -0.2) is 38.3 Å². The van der Waals surface area contributed by atoms with Gasteiger partial charge in [-0.05, 0) is 6.42 Å². The van der Waals surface area contributed by atoms with E-state index in [1.165, 1.54) is 7.85 Å². The van der Waals surface area contributed by atoms with Crippen LogP contribution in [0.25, 0.3) is 0 Å². The van der Waals surface area contributed by atoms with Crippen LogP contribution in [0.4, 0.5) is 0 Å². The van der Waals surface area contributed by atoms with Crippen molar-refractivity contribution in [3.8, 4) is 0 Å². The average Bonchev–Trinajstić information content (AvgIpc) is 2.10. The predicted octanol–water partition coefficient (Wildman–Crippen LogP) is -2.43. The minimum atomic E-state index is -0.594. The van der Waals surface area contributed by atoms with Gasteiger partial charge in [0.1, 0.15) is 12.0 Å². The molecule has 0 fully saturated rings. The Bertz CT molecular complexity index is 208. The lowest BCUT2D eigenvalue weighted by Crippen LogP contribution is -2.31. The van der Waals surface area contributed by atoms with E-state index in [4.69, 9.17) is 5.73 Å². The summed E-state index contributed by atoms with van der Waals surface area (Å²) in [6.07, 6.45) is 1.08. The molecule has 0 aliphatic carbocycles. The molecule has 0 radical (unpaired) electrons. The highest BCUT2D eigenvalue weighted by molar-refractivity contribution is 6.58. The van der Waals surface area contributed by atoms with E-state index in [2.05, 4.69) is 5.32 Å². The molecule has 0 rings (SSSR count). The minimum Gasteiger partial charge on any atom is -0.350 e. The van der Waals surface area contributed by atoms with Crippen molar-refractivity contribution >= 4 is 25.7 Å². The summed E-state index contributed by atoms with van der Waals surface area (Å²) >= 11 is 0. The van der Waals surface area contributed by atoms with Crippen LogP contribution < -0.4 is 11.1 Å². The number of rotatable bonds is 6. The summed E-state index contributed by atoms with van der Waals surface area (Å²) in [6, 6.07) is -0.594. The van der Waals surface area contributed by atoms with E-state index in [9.17, 15) is 14.4 Å². The Labute approximate surface area is 77.5 Å². The molecule has 1 unspecified atom stereocenters. The molecular weight excluding hydrogens is 171 g/mol. The first kappa shape index (κ1) is 11.8. The highest BCUT2D eigenvalue weighted by Gasteiger charge is 2.05. The van der Waals surface area contributed by atoms with Crippen LogP contribution in [0, 0.1) is 0 Å². The second-order valence-electron chi connectivity index (χ2n) is 2.82. The van der Waals surface area contributed by atoms with Crippen LogP contribution in [0.1, 0.15) is 12.8 Å². The lowest BCUT2D eigenvalue weighted by Gasteiger charge is -2.04. The lowest BCUT2D eigenvalue weighted by molar-refractivity contribution is -0.123. The summed E-state index contributed by atoms with van der Waals surface area (Å²) in [4.78, 5) is 31.5. The quantitative estimate of drug-likeness (QED) is 0.354. The number of aldehydes is 1. The highest BCUT2D eigenvalue weighted by Crippen LogP contribution is 1.91. The molecule has 0 spiro atoms. The maximum Gasteiger partial charge on any atom is 0.220 e. The SMILES string of the molecule is BC(=O)CNC(=O)CCC(N)C=O. The summed E-state index contributed by atoms with van der Waals surface area (Å²) in [6.45, 7) is 0.0369. The van der Waals surface area contributed by atoms with Gasteiger partial charge in [-0.25, -0.2) is 0 Å². The van der Waals surface area contributed by atoms with Gasteiger partial charge in [0.25, 0.3) is 0 Å². The molecule has 1 amide bonds. The van der Waals surface area contributed by atoms with E-state index in [-0.39, 0.29) is 24.6 Å². The van der Waals surface area contributed by atoms with Crippen molar-refractivity contribution in [1.29, 1.82) is 0 Å². The number of amides is 1. The van der Waals surface area contributed by atoms with Gasteiger partial charge in [0.15, 0.2) is 7.85 Å². The average molecular weight is 184 g/mol. The fourth-order valence-corrected chi connectivity index (χ4v) is 0.677. The van der Waals surface area contributed by atoms with E-state index in [1.54, 1.807) is 0 Å². The summed E-state index contributed by atoms with van der Waals surface area (Å²) in [5, 5.41) is 2.40. The van der Waals surface area contributed by atoms with Gasteiger partial charge in [-0.15, -0.1) is 0 Å². The molecule has 13 heavy (non-hydrogen) atoms. The van der Waals surface area contributed by atoms with Crippen LogP contribution in [-0.2, 0) is 14.4 Å². The van der Waals surface area contributed by atoms with Crippen molar-refractivity contribution in [1.82, 2.24) is 5.32 Å². The first-order chi connectivity index (χ1) is 6.06. The van der Waals surface area contributed by atoms with Crippen molar-refractivity contribution < 1.29 is 14.4 Å². The van der Waals surface area contributed by atoms with Crippen molar-refractivity contribution in [2.75, 3.05) is 6.54 Å². The Hall–Kier alpha value is -1.17. The van der Waals surface area contributed by atoms with Crippen LogP contribution in [0.5, 0.6) is 0 Å². The first-order valence-corrected chi connectivity index (χ1v) is 4.03. The smallest absolute Gasteiger partial charge is 0.220 e. The van der Waals surface area contributed by atoms with Gasteiger partial charge in [-0.2, -0.15) is 0 Å². The molecule has 0 heterocycles. The molecule has 1 atom stereocenters. The number of hydrogen-bond acceptors (Lipinski definition) is 4. The Balaban J connectivity index is 3.51. The molecule has 3 N–H and O–H groups in total. The summed E-state index contributed by atoms with van der Waals surface area (Å²) in [5.41, 5.74) is 5.16. The standard InChI is InChI=1S/C7H13BN2O3/c8-6(12)3-10-7(13)2-1-5(9)4-11/h4-5H,1-3,8-9H2,(H,10,13). The zero-order valence-electron chi connectivity index (χ0n) is 7.58. The fraction of sp³-hybridized carbons (Fsp3) is 0.571. The number of carbonyl (C=O) groups is 3. The Kier molecular flexibility index (Phi) is 5.79. The third kappa shape index (κ3) is 7.20. The molecule has 0 bridgehead atoms. The third-order valence-corrected chi connectivity index (χ3v) is 1.41. The maximum atomic E-state index is 10.9. The zero-order valence-corrected chi connectivity index (χ0v) is 7.58. The van der Waals surface area contributed by atoms with E-state index >= 15 is 0 Å². The van der Waals surface area contributed by atoms with Crippen molar-refractivity contribution in [3.05, 3.63) is 0 Å². The van der Waals surface area contributed by atoms with Crippen LogP contribution in [0.2, 0.25) is 0 Å². The number of hydrogen-bond donors (Lipinski definition) is 2. The van der Waals surface area contributed by atoms with E-state index in [1.807, 2.05) is 0 Å². The Morgan fingerprint density at radius 2 is 2.15 bits per heavy atom. The van der Waals surface area contributed by atoms with Gasteiger partial charge in [-0.3, -0.25) is 4.79 Å². The second-order valence-corrected chi connectivity index (χ2v) is 2.82. The molecule has 5 nitrogen and oxygen atoms in total. The molecule has 0 aliphatic heterocycles. The molecule has 0 saturated heterocycles. The van der Waals surface area contributed by atoms with Crippen molar-refractivity contribution in [3.63, 3.8) is 0 Å². The molecule has 0 aromatic heterocycles. The van der Waals surface area contributed by atoms with E-state index in [0.29, 0.717) is 12.7 Å². The monoisotopic (exact) mass is 184 g/mol. The molecule has 0 aromatic rings. The first-order valence-electron chi connectivity index (χ1n) is 4.03. The summed E-state index contributed by atoms with van der Waals surface area (Å²) < 4.78 is 0. The Morgan fingerprint density at radius 3 is 2.62 bits per heavy atom. The van der Waals surface area contributed by atoms with E-state index < -0.39 is 6.04 Å². The van der Waals surface area contributed by atoms with Gasteiger partial charge in [0.05, 0.1) is 12.6 Å². The fourth-order valence-electron chi connectivity index (χ4n) is 0.677. The number of nitrogens with one attached hydrogen (secondary N) is 1. The molecular formula is C7H13BN2O3. The molecule has 0 aromatic carbocycles. The second kappa shape index (κ2) is 6.36. The predicted molar refractivity (Wildman–Crippen MR) is 49.8 cm³/mol. The number of nitrogens with two attached hydrogens (primary N) is 1. The Morgan fingerprint density at radius 1 is 1.54 bits per heavy atom. The van der Waals surface area contributed by atoms with Gasteiger partial charge >= 0.3 is 0 Å². The van der Waals surface area contributed by atoms with Crippen LogP contribution >= 0.6 is 0 Å².